The van der Waals surface area contributed by atoms with Gasteiger partial charge in [0.1, 0.15) is 11.2 Å². The van der Waals surface area contributed by atoms with Crippen LogP contribution in [-0.4, -0.2) is 32.9 Å². The second-order valence-corrected chi connectivity index (χ2v) is 11.5. The molecule has 0 saturated heterocycles. The molecule has 34 heavy (non-hydrogen) atoms. The molecule has 1 N–H and O–H groups in total. The van der Waals surface area contributed by atoms with Crippen molar-refractivity contribution in [1.82, 2.24) is 14.8 Å². The van der Waals surface area contributed by atoms with Gasteiger partial charge >= 0.3 is 0 Å². The zero-order chi connectivity index (χ0) is 23.9. The number of rotatable bonds is 5. The molecule has 0 bridgehead atoms. The first kappa shape index (κ1) is 23.4. The molecular weight excluding hydrogens is 466 g/mol. The van der Waals surface area contributed by atoms with Gasteiger partial charge in [-0.15, -0.1) is 11.3 Å². The van der Waals surface area contributed by atoms with Crippen molar-refractivity contribution >= 4 is 45.0 Å². The van der Waals surface area contributed by atoms with Gasteiger partial charge in [-0.3, -0.25) is 9.59 Å². The summed E-state index contributed by atoms with van der Waals surface area (Å²) >= 11 is 7.82. The Morgan fingerprint density at radius 2 is 1.85 bits per heavy atom. The van der Waals surface area contributed by atoms with E-state index in [0.717, 1.165) is 47.9 Å². The fourth-order valence-electron chi connectivity index (χ4n) is 5.35. The van der Waals surface area contributed by atoms with Gasteiger partial charge in [-0.05, 0) is 56.0 Å². The Bertz CT molecular complexity index is 1210. The van der Waals surface area contributed by atoms with Crippen molar-refractivity contribution in [2.45, 2.75) is 83.5 Å². The zero-order valence-corrected chi connectivity index (χ0v) is 21.5. The lowest BCUT2D eigenvalue weighted by Crippen LogP contribution is -2.64. The first-order valence-corrected chi connectivity index (χ1v) is 13.6. The Morgan fingerprint density at radius 1 is 1.15 bits per heavy atom. The van der Waals surface area contributed by atoms with Crippen LogP contribution in [0.1, 0.15) is 73.3 Å². The van der Waals surface area contributed by atoms with Crippen LogP contribution >= 0.6 is 22.9 Å². The van der Waals surface area contributed by atoms with E-state index in [2.05, 4.69) is 22.9 Å². The average Bonchev–Trinajstić information content (AvgIpc) is 3.26. The lowest BCUT2D eigenvalue weighted by atomic mass is 9.93. The standard InChI is InChI=1S/C27H32ClN3O2S/c1-3-21-14-22-24(34-21)15-23-25(32)31(16-18-10-12-19(28)13-11-18)27(2,17-30(22)23)26(33)29-20-8-6-4-5-7-9-20/h10-15,20H,3-9,16-17H2,1-2H3,(H,29,33). The van der Waals surface area contributed by atoms with Gasteiger partial charge in [0.15, 0.2) is 0 Å². The monoisotopic (exact) mass is 497 g/mol. The van der Waals surface area contributed by atoms with Gasteiger partial charge in [-0.25, -0.2) is 0 Å². The third kappa shape index (κ3) is 4.27. The Morgan fingerprint density at radius 3 is 2.53 bits per heavy atom. The molecule has 3 heterocycles. The molecule has 1 aliphatic carbocycles. The van der Waals surface area contributed by atoms with Crippen molar-refractivity contribution in [2.24, 2.45) is 0 Å². The van der Waals surface area contributed by atoms with Crippen LogP contribution in [0.4, 0.5) is 0 Å². The second-order valence-electron chi connectivity index (χ2n) is 9.89. The van der Waals surface area contributed by atoms with E-state index < -0.39 is 5.54 Å². The third-order valence-electron chi connectivity index (χ3n) is 7.45. The molecule has 1 unspecified atom stereocenters. The number of halogens is 1. The number of carbonyl (C=O) groups excluding carboxylic acids is 2. The van der Waals surface area contributed by atoms with Crippen LogP contribution in [0.15, 0.2) is 36.4 Å². The minimum absolute atomic E-state index is 0.0554. The largest absolute Gasteiger partial charge is 0.351 e. The fourth-order valence-corrected chi connectivity index (χ4v) is 6.52. The maximum absolute atomic E-state index is 13.9. The molecule has 1 aromatic carbocycles. The first-order chi connectivity index (χ1) is 16.4. The van der Waals surface area contributed by atoms with E-state index in [-0.39, 0.29) is 17.9 Å². The highest BCUT2D eigenvalue weighted by atomic mass is 35.5. The highest BCUT2D eigenvalue weighted by Crippen LogP contribution is 2.37. The van der Waals surface area contributed by atoms with Crippen LogP contribution in [0, 0.1) is 0 Å². The summed E-state index contributed by atoms with van der Waals surface area (Å²) in [6, 6.07) is 11.9. The van der Waals surface area contributed by atoms with Crippen molar-refractivity contribution < 1.29 is 9.59 Å². The van der Waals surface area contributed by atoms with Gasteiger partial charge in [0, 0.05) is 22.5 Å². The van der Waals surface area contributed by atoms with Gasteiger partial charge in [0.2, 0.25) is 5.91 Å². The number of nitrogens with one attached hydrogen (secondary N) is 1. The summed E-state index contributed by atoms with van der Waals surface area (Å²) in [5, 5.41) is 3.99. The molecule has 3 aromatic rings. The number of thiophene rings is 1. The van der Waals surface area contributed by atoms with E-state index in [1.165, 1.54) is 17.7 Å². The Hall–Kier alpha value is -2.31. The smallest absolute Gasteiger partial charge is 0.271 e. The molecule has 0 spiro atoms. The van der Waals surface area contributed by atoms with E-state index in [1.807, 2.05) is 37.3 Å². The van der Waals surface area contributed by atoms with Crippen LogP contribution in [0.3, 0.4) is 0 Å². The predicted octanol–water partition coefficient (Wildman–Crippen LogP) is 6.17. The summed E-state index contributed by atoms with van der Waals surface area (Å²) in [6.07, 6.45) is 7.73. The van der Waals surface area contributed by atoms with Gasteiger partial charge < -0.3 is 14.8 Å². The number of amides is 2. The van der Waals surface area contributed by atoms with Crippen LogP contribution < -0.4 is 5.32 Å². The van der Waals surface area contributed by atoms with E-state index in [9.17, 15) is 9.59 Å². The number of hydrogen-bond acceptors (Lipinski definition) is 3. The van der Waals surface area contributed by atoms with Gasteiger partial charge in [0.05, 0.1) is 16.8 Å². The van der Waals surface area contributed by atoms with E-state index >= 15 is 0 Å². The van der Waals surface area contributed by atoms with Crippen LogP contribution in [-0.2, 0) is 24.3 Å². The maximum Gasteiger partial charge on any atom is 0.271 e. The first-order valence-electron chi connectivity index (χ1n) is 12.4. The average molecular weight is 498 g/mol. The van der Waals surface area contributed by atoms with E-state index in [1.54, 1.807) is 16.2 Å². The third-order valence-corrected chi connectivity index (χ3v) is 8.92. The molecule has 2 aromatic heterocycles. The van der Waals surface area contributed by atoms with Gasteiger partial charge in [0.25, 0.3) is 5.91 Å². The van der Waals surface area contributed by atoms with E-state index in [0.29, 0.717) is 23.8 Å². The van der Waals surface area contributed by atoms with Crippen LogP contribution in [0.2, 0.25) is 5.02 Å². The zero-order valence-electron chi connectivity index (χ0n) is 19.9. The van der Waals surface area contributed by atoms with Crippen molar-refractivity contribution in [3.8, 4) is 0 Å². The molecular formula is C27H32ClN3O2S. The number of benzene rings is 1. The summed E-state index contributed by atoms with van der Waals surface area (Å²) in [4.78, 5) is 30.8. The minimum atomic E-state index is -0.990. The van der Waals surface area contributed by atoms with Crippen molar-refractivity contribution in [1.29, 1.82) is 0 Å². The van der Waals surface area contributed by atoms with Gasteiger partial charge in [-0.2, -0.15) is 0 Å². The molecule has 1 atom stereocenters. The Labute approximate surface area is 210 Å². The topological polar surface area (TPSA) is 54.3 Å². The van der Waals surface area contributed by atoms with Crippen molar-refractivity contribution in [2.75, 3.05) is 0 Å². The molecule has 180 valence electrons. The van der Waals surface area contributed by atoms with Crippen LogP contribution in [0.25, 0.3) is 10.2 Å². The summed E-state index contributed by atoms with van der Waals surface area (Å²) in [5.41, 5.74) is 1.69. The Kier molecular flexibility index (Phi) is 6.47. The molecule has 0 radical (unpaired) electrons. The number of fused-ring (bicyclic) bond motifs is 3. The molecule has 1 aliphatic heterocycles. The lowest BCUT2D eigenvalue weighted by molar-refractivity contribution is -0.134. The number of carbonyl (C=O) groups is 2. The summed E-state index contributed by atoms with van der Waals surface area (Å²) in [6.45, 7) is 4.88. The number of hydrogen-bond donors (Lipinski definition) is 1. The molecule has 1 saturated carbocycles. The summed E-state index contributed by atoms with van der Waals surface area (Å²) < 4.78 is 3.18. The quantitative estimate of drug-likeness (QED) is 0.428. The van der Waals surface area contributed by atoms with Crippen molar-refractivity contribution in [3.05, 3.63) is 57.6 Å². The summed E-state index contributed by atoms with van der Waals surface area (Å²) in [5.74, 6) is -0.152. The highest BCUT2D eigenvalue weighted by molar-refractivity contribution is 7.19. The predicted molar refractivity (Wildman–Crippen MR) is 139 cm³/mol. The van der Waals surface area contributed by atoms with Crippen LogP contribution in [0.5, 0.6) is 0 Å². The molecule has 2 aliphatic rings. The van der Waals surface area contributed by atoms with Gasteiger partial charge in [-0.1, -0.05) is 56.3 Å². The lowest BCUT2D eigenvalue weighted by Gasteiger charge is -2.44. The number of aryl methyl sites for hydroxylation is 1. The number of nitrogens with zero attached hydrogens (tertiary/aromatic N) is 2. The highest BCUT2D eigenvalue weighted by Gasteiger charge is 2.48. The second kappa shape index (κ2) is 9.38. The Balaban J connectivity index is 1.52. The molecule has 1 fully saturated rings. The number of aromatic nitrogens is 1. The molecule has 2 amide bonds. The fraction of sp³-hybridized carbons (Fsp3) is 0.481. The summed E-state index contributed by atoms with van der Waals surface area (Å²) in [7, 11) is 0. The molecule has 5 nitrogen and oxygen atoms in total. The van der Waals surface area contributed by atoms with E-state index in [4.69, 9.17) is 11.6 Å². The van der Waals surface area contributed by atoms with Crippen molar-refractivity contribution in [3.63, 3.8) is 0 Å². The molecule has 5 rings (SSSR count). The normalized spacial score (nSPS) is 21.5. The minimum Gasteiger partial charge on any atom is -0.351 e. The maximum atomic E-state index is 13.9. The SMILES string of the molecule is CCc1cc2c(cc3n2CC(C)(C(=O)NC2CCCCCC2)N(Cc2ccc(Cl)cc2)C3=O)s1. The molecule has 7 heteroatoms.